The number of nitrogens with one attached hydrogen (secondary N) is 1. The van der Waals surface area contributed by atoms with Crippen LogP contribution in [-0.4, -0.2) is 99.1 Å². The molecule has 4 amide bonds. The number of methoxy groups -OCH3 is 2. The Morgan fingerprint density at radius 2 is 1.73 bits per heavy atom. The number of carbonyl (C=O) groups excluding carboxylic acids is 4. The summed E-state index contributed by atoms with van der Waals surface area (Å²) in [6.45, 7) is 18.4. The second-order valence-corrected chi connectivity index (χ2v) is 15.2. The molecular formula is C36H58N4O8. The summed E-state index contributed by atoms with van der Waals surface area (Å²) in [6, 6.07) is 4.95. The number of rotatable bonds is 13. The van der Waals surface area contributed by atoms with Crippen molar-refractivity contribution < 1.29 is 38.1 Å². The molecule has 48 heavy (non-hydrogen) atoms. The molecule has 12 heteroatoms. The minimum Gasteiger partial charge on any atom is -0.476 e. The summed E-state index contributed by atoms with van der Waals surface area (Å²) in [5, 5.41) is 3.11. The first-order valence-corrected chi connectivity index (χ1v) is 17.1. The van der Waals surface area contributed by atoms with Crippen LogP contribution in [0.3, 0.4) is 0 Å². The molecule has 0 aromatic heterocycles. The van der Waals surface area contributed by atoms with E-state index in [4.69, 9.17) is 18.9 Å². The monoisotopic (exact) mass is 674 g/mol. The van der Waals surface area contributed by atoms with Crippen molar-refractivity contribution in [3.63, 3.8) is 0 Å². The van der Waals surface area contributed by atoms with Gasteiger partial charge in [-0.3, -0.25) is 14.4 Å². The van der Waals surface area contributed by atoms with Gasteiger partial charge in [0.15, 0.2) is 5.60 Å². The molecule has 0 radical (unpaired) electrons. The van der Waals surface area contributed by atoms with Crippen LogP contribution in [0.25, 0.3) is 0 Å². The predicted molar refractivity (Wildman–Crippen MR) is 185 cm³/mol. The zero-order valence-electron chi connectivity index (χ0n) is 30.9. The number of likely N-dealkylation sites (tertiary alicyclic amines) is 1. The van der Waals surface area contributed by atoms with Gasteiger partial charge in [0.1, 0.15) is 11.4 Å². The molecule has 2 heterocycles. The van der Waals surface area contributed by atoms with Crippen molar-refractivity contribution in [1.29, 1.82) is 0 Å². The van der Waals surface area contributed by atoms with Crippen LogP contribution < -0.4 is 19.9 Å². The first-order valence-electron chi connectivity index (χ1n) is 17.1. The van der Waals surface area contributed by atoms with Gasteiger partial charge >= 0.3 is 6.09 Å². The van der Waals surface area contributed by atoms with E-state index in [2.05, 4.69) is 19.2 Å². The number of nitrogens with zero attached hydrogens (tertiary/aromatic N) is 3. The van der Waals surface area contributed by atoms with E-state index in [1.165, 1.54) is 4.90 Å². The number of hydrogen-bond acceptors (Lipinski definition) is 8. The van der Waals surface area contributed by atoms with Crippen LogP contribution in [0.4, 0.5) is 16.2 Å². The Kier molecular flexibility index (Phi) is 13.3. The van der Waals surface area contributed by atoms with E-state index in [1.807, 2.05) is 26.0 Å². The van der Waals surface area contributed by atoms with Crippen molar-refractivity contribution >= 4 is 35.2 Å². The van der Waals surface area contributed by atoms with Crippen LogP contribution in [0.15, 0.2) is 18.2 Å². The Hall–Kier alpha value is -3.38. The first-order chi connectivity index (χ1) is 22.4. The molecule has 1 aromatic rings. The fourth-order valence-corrected chi connectivity index (χ4v) is 6.37. The van der Waals surface area contributed by atoms with Crippen LogP contribution in [-0.2, 0) is 28.6 Å². The Labute approximate surface area is 286 Å². The molecule has 1 aromatic carbocycles. The molecule has 1 saturated heterocycles. The largest absolute Gasteiger partial charge is 0.476 e. The van der Waals surface area contributed by atoms with E-state index >= 15 is 0 Å². The van der Waals surface area contributed by atoms with Crippen LogP contribution in [0.5, 0.6) is 5.75 Å². The molecule has 12 nitrogen and oxygen atoms in total. The fraction of sp³-hybridized carbons (Fsp3) is 0.722. The molecule has 1 fully saturated rings. The van der Waals surface area contributed by atoms with Crippen LogP contribution >= 0.6 is 0 Å². The summed E-state index contributed by atoms with van der Waals surface area (Å²) in [7, 11) is 3.22. The van der Waals surface area contributed by atoms with Gasteiger partial charge in [-0.2, -0.15) is 0 Å². The van der Waals surface area contributed by atoms with E-state index in [1.54, 1.807) is 64.7 Å². The van der Waals surface area contributed by atoms with Gasteiger partial charge in [-0.25, -0.2) is 4.79 Å². The lowest BCUT2D eigenvalue weighted by atomic mass is 9.87. The van der Waals surface area contributed by atoms with Crippen LogP contribution in [0.1, 0.15) is 81.6 Å². The number of amides is 4. The normalized spacial score (nSPS) is 19.9. The summed E-state index contributed by atoms with van der Waals surface area (Å²) < 4.78 is 22.4. The first kappa shape index (κ1) is 39.1. The summed E-state index contributed by atoms with van der Waals surface area (Å²) >= 11 is 0. The van der Waals surface area contributed by atoms with Gasteiger partial charge in [0.25, 0.3) is 5.91 Å². The third-order valence-corrected chi connectivity index (χ3v) is 8.41. The minimum atomic E-state index is -1.05. The van der Waals surface area contributed by atoms with Crippen molar-refractivity contribution in [3.05, 3.63) is 18.2 Å². The highest BCUT2D eigenvalue weighted by Crippen LogP contribution is 2.41. The predicted octanol–water partition coefficient (Wildman–Crippen LogP) is 5.02. The topological polar surface area (TPSA) is 127 Å². The molecule has 0 spiro atoms. The average Bonchev–Trinajstić information content (AvgIpc) is 2.97. The van der Waals surface area contributed by atoms with E-state index in [9.17, 15) is 19.2 Å². The number of piperidine rings is 1. The summed E-state index contributed by atoms with van der Waals surface area (Å²) in [4.78, 5) is 59.9. The van der Waals surface area contributed by atoms with Crippen LogP contribution in [0, 0.1) is 17.8 Å². The molecule has 2 aliphatic rings. The van der Waals surface area contributed by atoms with Crippen LogP contribution in [0.2, 0.25) is 0 Å². The number of carbonyl (C=O) groups is 4. The molecule has 0 unspecified atom stereocenters. The highest BCUT2D eigenvalue weighted by Gasteiger charge is 2.43. The van der Waals surface area contributed by atoms with Gasteiger partial charge in [-0.15, -0.1) is 0 Å². The Morgan fingerprint density at radius 3 is 2.31 bits per heavy atom. The third-order valence-electron chi connectivity index (χ3n) is 8.41. The highest BCUT2D eigenvalue weighted by atomic mass is 16.6. The lowest BCUT2D eigenvalue weighted by molar-refractivity contribution is -0.133. The van der Waals surface area contributed by atoms with Gasteiger partial charge in [0.05, 0.1) is 30.2 Å². The molecule has 0 aliphatic carbocycles. The maximum absolute atomic E-state index is 14.5. The van der Waals surface area contributed by atoms with E-state index < -0.39 is 29.1 Å². The lowest BCUT2D eigenvalue weighted by Gasteiger charge is -2.41. The van der Waals surface area contributed by atoms with Crippen molar-refractivity contribution in [2.75, 3.05) is 56.9 Å². The van der Waals surface area contributed by atoms with Gasteiger partial charge in [-0.05, 0) is 91.8 Å². The molecule has 3 rings (SSSR count). The maximum Gasteiger partial charge on any atom is 0.410 e. The quantitative estimate of drug-likeness (QED) is 0.289. The average molecular weight is 675 g/mol. The van der Waals surface area contributed by atoms with Gasteiger partial charge < -0.3 is 39.0 Å². The molecule has 2 aliphatic heterocycles. The Morgan fingerprint density at radius 1 is 1.06 bits per heavy atom. The second kappa shape index (κ2) is 16.3. The number of hydrogen-bond donors (Lipinski definition) is 1. The molecule has 1 N–H and O–H groups in total. The fourth-order valence-electron chi connectivity index (χ4n) is 6.37. The van der Waals surface area contributed by atoms with Crippen molar-refractivity contribution in [2.45, 2.75) is 105 Å². The van der Waals surface area contributed by atoms with Crippen molar-refractivity contribution in [1.82, 2.24) is 10.2 Å². The van der Waals surface area contributed by atoms with E-state index in [-0.39, 0.29) is 49.3 Å². The number of ether oxygens (including phenoxy) is 4. The molecule has 0 saturated carbocycles. The molecule has 0 bridgehead atoms. The summed E-state index contributed by atoms with van der Waals surface area (Å²) in [6.07, 6.45) is 1.06. The Bertz CT molecular complexity index is 1290. The van der Waals surface area contributed by atoms with Crippen molar-refractivity contribution in [2.24, 2.45) is 17.8 Å². The second-order valence-electron chi connectivity index (χ2n) is 15.2. The zero-order chi connectivity index (χ0) is 36.0. The SMILES string of the molecule is COCCCN1C(=O)C(C)(C)Oc2ccc(N(C(=O)[C@@H]3C[C@H](C(=O)N[C@@H](COC)CC(C)C)CN(C(=O)OC(C)(C)C)C3)C(C)C)cc21. The minimum absolute atomic E-state index is 0.109. The maximum atomic E-state index is 14.5. The number of benzene rings is 1. The molecule has 270 valence electrons. The van der Waals surface area contributed by atoms with Gasteiger partial charge in [-0.1, -0.05) is 13.8 Å². The Balaban J connectivity index is 1.97. The summed E-state index contributed by atoms with van der Waals surface area (Å²) in [5.74, 6) is -1.05. The van der Waals surface area contributed by atoms with E-state index in [0.29, 0.717) is 49.2 Å². The smallest absolute Gasteiger partial charge is 0.410 e. The lowest BCUT2D eigenvalue weighted by Crippen LogP contribution is -2.55. The van der Waals surface area contributed by atoms with E-state index in [0.717, 1.165) is 6.42 Å². The van der Waals surface area contributed by atoms with Gasteiger partial charge in [0, 0.05) is 52.2 Å². The highest BCUT2D eigenvalue weighted by molar-refractivity contribution is 6.04. The standard InChI is InChI=1S/C36H58N4O8/c1-23(2)17-27(22-46-11)37-31(41)25-18-26(21-38(20-25)34(44)48-35(5,6)7)32(42)40(24(3)4)28-13-14-30-29(19-28)39(15-12-16-45-10)33(43)36(8,9)47-30/h13-14,19,23-27H,12,15-18,20-22H2,1-11H3,(H,37,41)/t25-,26+,27+/m0/s1. The van der Waals surface area contributed by atoms with Crippen molar-refractivity contribution in [3.8, 4) is 5.75 Å². The zero-order valence-corrected chi connectivity index (χ0v) is 30.9. The summed E-state index contributed by atoms with van der Waals surface area (Å²) in [5.41, 5.74) is -0.621. The number of fused-ring (bicyclic) bond motifs is 1. The molecular weight excluding hydrogens is 616 g/mol. The van der Waals surface area contributed by atoms with Gasteiger partial charge in [0.2, 0.25) is 11.8 Å². The number of anilines is 2. The molecule has 3 atom stereocenters. The third kappa shape index (κ3) is 10.1.